The van der Waals surface area contributed by atoms with Crippen molar-refractivity contribution in [3.05, 3.63) is 0 Å². The quantitative estimate of drug-likeness (QED) is 0.213. The maximum absolute atomic E-state index is 11.4. The van der Waals surface area contributed by atoms with Crippen LogP contribution < -0.4 is 15.2 Å². The van der Waals surface area contributed by atoms with Gasteiger partial charge < -0.3 is 10.9 Å². The third-order valence-corrected chi connectivity index (χ3v) is 2.95. The number of hydrogen-bond donors (Lipinski definition) is 4. The van der Waals surface area contributed by atoms with E-state index in [-0.39, 0.29) is 11.9 Å². The van der Waals surface area contributed by atoms with Crippen LogP contribution in [0.4, 0.5) is 0 Å². The Morgan fingerprint density at radius 1 is 1.47 bits per heavy atom. The monoisotopic (exact) mass is 238 g/mol. The van der Waals surface area contributed by atoms with Crippen LogP contribution in [0.1, 0.15) is 27.2 Å². The number of nitrogens with zero attached hydrogens (tertiary/aromatic N) is 1. The van der Waals surface area contributed by atoms with Crippen molar-refractivity contribution in [1.29, 1.82) is 0 Å². The zero-order valence-electron chi connectivity index (χ0n) is 9.06. The second kappa shape index (κ2) is 5.89. The molecule has 15 heavy (non-hydrogen) atoms. The smallest absolute Gasteiger partial charge is 0.277 e. The predicted octanol–water partition coefficient (Wildman–Crippen LogP) is -0.656. The van der Waals surface area contributed by atoms with Gasteiger partial charge in [0.1, 0.15) is 0 Å². The second-order valence-corrected chi connectivity index (χ2v) is 4.86. The summed E-state index contributed by atoms with van der Waals surface area (Å²) in [5, 5.41) is 11.2. The molecule has 0 aromatic heterocycles. The molecule has 0 rings (SSSR count). The van der Waals surface area contributed by atoms with E-state index < -0.39 is 16.3 Å². The molecule has 0 radical (unpaired) electrons. The van der Waals surface area contributed by atoms with Gasteiger partial charge in [0.05, 0.1) is 6.04 Å². The van der Waals surface area contributed by atoms with Gasteiger partial charge in [0, 0.05) is 6.04 Å². The minimum absolute atomic E-state index is 0.161. The highest BCUT2D eigenvalue weighted by Gasteiger charge is 2.20. The Hall–Kier alpha value is -0.860. The summed E-state index contributed by atoms with van der Waals surface area (Å²) in [6.45, 7) is 5.12. The summed E-state index contributed by atoms with van der Waals surface area (Å²) < 4.78 is 27.4. The van der Waals surface area contributed by atoms with Crippen molar-refractivity contribution < 1.29 is 13.6 Å². The molecule has 0 bridgehead atoms. The number of rotatable bonds is 6. The molecule has 0 heterocycles. The highest BCUT2D eigenvalue weighted by atomic mass is 32.2. The van der Waals surface area contributed by atoms with Gasteiger partial charge in [-0.15, -0.1) is 0 Å². The molecule has 0 saturated carbocycles. The van der Waals surface area contributed by atoms with Gasteiger partial charge in [-0.3, -0.25) is 0 Å². The summed E-state index contributed by atoms with van der Waals surface area (Å²) >= 11 is 0. The van der Waals surface area contributed by atoms with E-state index in [1.807, 2.05) is 0 Å². The number of amidine groups is 1. The standard InChI is InChI=1S/C7H18N4O3S/c1-4-6(7(8)9-12)11-15(13,14)10-5(2)3/h5-6,10-12H,4H2,1-3H3,(H2,8,9). The fourth-order valence-electron chi connectivity index (χ4n) is 0.954. The van der Waals surface area contributed by atoms with Gasteiger partial charge in [0.2, 0.25) is 0 Å². The minimum Gasteiger partial charge on any atom is -0.409 e. The van der Waals surface area contributed by atoms with E-state index in [2.05, 4.69) is 14.6 Å². The maximum atomic E-state index is 11.4. The highest BCUT2D eigenvalue weighted by molar-refractivity contribution is 7.87. The van der Waals surface area contributed by atoms with Crippen molar-refractivity contribution >= 4 is 16.0 Å². The summed E-state index contributed by atoms with van der Waals surface area (Å²) in [6, 6.07) is -0.918. The van der Waals surface area contributed by atoms with Crippen LogP contribution in [0.5, 0.6) is 0 Å². The molecule has 0 saturated heterocycles. The molecule has 5 N–H and O–H groups in total. The minimum atomic E-state index is -3.62. The van der Waals surface area contributed by atoms with E-state index in [1.54, 1.807) is 20.8 Å². The average molecular weight is 238 g/mol. The van der Waals surface area contributed by atoms with Crippen LogP contribution in [-0.4, -0.2) is 31.5 Å². The molecule has 0 fully saturated rings. The lowest BCUT2D eigenvalue weighted by atomic mass is 10.2. The molecule has 0 aliphatic rings. The normalized spacial score (nSPS) is 15.6. The lowest BCUT2D eigenvalue weighted by molar-refractivity contribution is 0.315. The molecule has 8 heteroatoms. The van der Waals surface area contributed by atoms with Gasteiger partial charge in [-0.2, -0.15) is 17.9 Å². The largest absolute Gasteiger partial charge is 0.409 e. The highest BCUT2D eigenvalue weighted by Crippen LogP contribution is 1.94. The Morgan fingerprint density at radius 2 is 2.00 bits per heavy atom. The molecule has 0 spiro atoms. The lowest BCUT2D eigenvalue weighted by Gasteiger charge is -2.17. The van der Waals surface area contributed by atoms with Crippen LogP contribution in [0.25, 0.3) is 0 Å². The first-order chi connectivity index (χ1) is 6.82. The molecule has 0 amide bonds. The van der Waals surface area contributed by atoms with E-state index in [9.17, 15) is 8.42 Å². The molecular formula is C7H18N4O3S. The van der Waals surface area contributed by atoms with Crippen LogP contribution in [0.15, 0.2) is 5.16 Å². The summed E-state index contributed by atoms with van der Waals surface area (Å²) in [5.74, 6) is -0.161. The second-order valence-electron chi connectivity index (χ2n) is 3.38. The van der Waals surface area contributed by atoms with E-state index in [0.29, 0.717) is 6.42 Å². The van der Waals surface area contributed by atoms with Crippen molar-refractivity contribution in [1.82, 2.24) is 9.44 Å². The lowest BCUT2D eigenvalue weighted by Crippen LogP contribution is -2.50. The molecule has 90 valence electrons. The number of hydrogen-bond acceptors (Lipinski definition) is 4. The molecule has 1 atom stereocenters. The fraction of sp³-hybridized carbons (Fsp3) is 0.857. The van der Waals surface area contributed by atoms with Gasteiger partial charge in [-0.05, 0) is 20.3 Å². The first-order valence-corrected chi connectivity index (χ1v) is 6.07. The molecule has 0 aliphatic carbocycles. The van der Waals surface area contributed by atoms with Crippen LogP contribution in [-0.2, 0) is 10.2 Å². The molecule has 0 aliphatic heterocycles. The van der Waals surface area contributed by atoms with Gasteiger partial charge in [0.15, 0.2) is 5.84 Å². The summed E-state index contributed by atoms with van der Waals surface area (Å²) in [4.78, 5) is 0. The first kappa shape index (κ1) is 14.1. The number of nitrogens with two attached hydrogens (primary N) is 1. The Balaban J connectivity index is 4.55. The summed E-state index contributed by atoms with van der Waals surface area (Å²) in [7, 11) is -3.62. The third kappa shape index (κ3) is 5.55. The van der Waals surface area contributed by atoms with Crippen molar-refractivity contribution in [2.24, 2.45) is 10.9 Å². The number of oxime groups is 1. The summed E-state index contributed by atoms with van der Waals surface area (Å²) in [6.07, 6.45) is 0.398. The molecule has 7 nitrogen and oxygen atoms in total. The molecule has 0 aromatic carbocycles. The van der Waals surface area contributed by atoms with Gasteiger partial charge in [-0.1, -0.05) is 12.1 Å². The van der Waals surface area contributed by atoms with E-state index in [0.717, 1.165) is 0 Å². The Labute approximate surface area is 89.9 Å². The van der Waals surface area contributed by atoms with Crippen molar-refractivity contribution in [2.75, 3.05) is 0 Å². The molecule has 1 unspecified atom stereocenters. The number of nitrogens with one attached hydrogen (secondary N) is 2. The van der Waals surface area contributed by atoms with Crippen LogP contribution >= 0.6 is 0 Å². The van der Waals surface area contributed by atoms with E-state index >= 15 is 0 Å². The average Bonchev–Trinajstić information content (AvgIpc) is 2.11. The topological polar surface area (TPSA) is 117 Å². The van der Waals surface area contributed by atoms with E-state index in [4.69, 9.17) is 10.9 Å². The summed E-state index contributed by atoms with van der Waals surface area (Å²) in [5.41, 5.74) is 5.31. The maximum Gasteiger partial charge on any atom is 0.277 e. The van der Waals surface area contributed by atoms with E-state index in [1.165, 1.54) is 0 Å². The zero-order chi connectivity index (χ0) is 12.1. The Kier molecular flexibility index (Phi) is 5.55. The Morgan fingerprint density at radius 3 is 2.33 bits per heavy atom. The SMILES string of the molecule is CCC(NS(=O)(=O)NC(C)C)C(N)=NO. The molecular weight excluding hydrogens is 220 g/mol. The van der Waals surface area contributed by atoms with Crippen LogP contribution in [0, 0.1) is 0 Å². The van der Waals surface area contributed by atoms with Gasteiger partial charge in [-0.25, -0.2) is 0 Å². The Bertz CT molecular complexity index is 312. The van der Waals surface area contributed by atoms with Crippen molar-refractivity contribution in [2.45, 2.75) is 39.3 Å². The van der Waals surface area contributed by atoms with Gasteiger partial charge >= 0.3 is 0 Å². The van der Waals surface area contributed by atoms with Gasteiger partial charge in [0.25, 0.3) is 10.2 Å². The zero-order valence-corrected chi connectivity index (χ0v) is 9.87. The van der Waals surface area contributed by atoms with Crippen LogP contribution in [0.2, 0.25) is 0 Å². The predicted molar refractivity (Wildman–Crippen MR) is 57.8 cm³/mol. The first-order valence-electron chi connectivity index (χ1n) is 4.59. The third-order valence-electron chi connectivity index (χ3n) is 1.57. The van der Waals surface area contributed by atoms with Crippen molar-refractivity contribution in [3.63, 3.8) is 0 Å². The molecule has 0 aromatic rings. The van der Waals surface area contributed by atoms with Crippen molar-refractivity contribution in [3.8, 4) is 0 Å². The van der Waals surface area contributed by atoms with Crippen LogP contribution in [0.3, 0.4) is 0 Å². The fourth-order valence-corrected chi connectivity index (χ4v) is 2.30.